The minimum atomic E-state index is -0.721. The molecule has 2 unspecified atom stereocenters. The van der Waals surface area contributed by atoms with Crippen molar-refractivity contribution in [1.29, 1.82) is 0 Å². The van der Waals surface area contributed by atoms with Gasteiger partial charge in [-0.3, -0.25) is 0 Å². The molecule has 5 rings (SSSR count). The molecule has 1 aromatic heterocycles. The van der Waals surface area contributed by atoms with Crippen molar-refractivity contribution in [2.75, 3.05) is 10.6 Å². The van der Waals surface area contributed by atoms with E-state index in [4.69, 9.17) is 14.5 Å². The van der Waals surface area contributed by atoms with Gasteiger partial charge < -0.3 is 20.1 Å². The number of nitrogens with one attached hydrogen (secondary N) is 2. The van der Waals surface area contributed by atoms with Crippen LogP contribution in [0.15, 0.2) is 66.7 Å². The second kappa shape index (κ2) is 5.14. The maximum atomic E-state index is 6.16. The van der Waals surface area contributed by atoms with E-state index < -0.39 is 11.4 Å². The third kappa shape index (κ3) is 2.20. The van der Waals surface area contributed by atoms with Crippen molar-refractivity contribution < 1.29 is 9.47 Å². The Labute approximate surface area is 152 Å². The van der Waals surface area contributed by atoms with E-state index in [0.717, 1.165) is 34.3 Å². The number of anilines is 2. The predicted octanol–water partition coefficient (Wildman–Crippen LogP) is 4.44. The van der Waals surface area contributed by atoms with E-state index in [-0.39, 0.29) is 0 Å². The number of benzene rings is 2. The highest BCUT2D eigenvalue weighted by Gasteiger charge is 2.41. The normalized spacial score (nSPS) is 25.3. The molecule has 0 fully saturated rings. The Morgan fingerprint density at radius 2 is 1.12 bits per heavy atom. The lowest BCUT2D eigenvalue weighted by Crippen LogP contribution is -2.38. The first-order valence-electron chi connectivity index (χ1n) is 8.66. The van der Waals surface area contributed by atoms with Gasteiger partial charge in [-0.2, -0.15) is 0 Å². The largest absolute Gasteiger partial charge is 0.460 e. The third-order valence-corrected chi connectivity index (χ3v) is 4.88. The summed E-state index contributed by atoms with van der Waals surface area (Å²) in [5.41, 5.74) is 2.10. The van der Waals surface area contributed by atoms with Crippen LogP contribution < -0.4 is 20.1 Å². The SMILES string of the molecule is CC1(c2cccc(C3(C)Nc4ccccc4O3)n2)Nc2ccccc2O1. The van der Waals surface area contributed by atoms with Crippen molar-refractivity contribution in [1.82, 2.24) is 4.98 Å². The summed E-state index contributed by atoms with van der Waals surface area (Å²) in [6.07, 6.45) is 0. The quantitative estimate of drug-likeness (QED) is 0.719. The van der Waals surface area contributed by atoms with E-state index in [9.17, 15) is 0 Å². The average Bonchev–Trinajstić information content (AvgIpc) is 3.19. The summed E-state index contributed by atoms with van der Waals surface area (Å²) in [5, 5.41) is 6.86. The number of para-hydroxylation sites is 4. The van der Waals surface area contributed by atoms with Gasteiger partial charge in [-0.15, -0.1) is 0 Å². The number of fused-ring (bicyclic) bond motifs is 2. The van der Waals surface area contributed by atoms with Gasteiger partial charge in [0.25, 0.3) is 0 Å². The van der Waals surface area contributed by atoms with Crippen LogP contribution >= 0.6 is 0 Å². The summed E-state index contributed by atoms with van der Waals surface area (Å²) < 4.78 is 12.3. The summed E-state index contributed by atoms with van der Waals surface area (Å²) in [6, 6.07) is 21.7. The first-order chi connectivity index (χ1) is 12.6. The van der Waals surface area contributed by atoms with Crippen LogP contribution in [0.25, 0.3) is 0 Å². The maximum absolute atomic E-state index is 6.16. The molecule has 2 aromatic carbocycles. The number of aromatic nitrogens is 1. The van der Waals surface area contributed by atoms with Crippen LogP contribution in [0.3, 0.4) is 0 Å². The number of hydrogen-bond acceptors (Lipinski definition) is 5. The number of ether oxygens (including phenoxy) is 2. The molecule has 5 heteroatoms. The number of pyridine rings is 1. The Morgan fingerprint density at radius 3 is 1.58 bits per heavy atom. The van der Waals surface area contributed by atoms with Gasteiger partial charge in [-0.1, -0.05) is 30.3 Å². The van der Waals surface area contributed by atoms with E-state index in [1.807, 2.05) is 80.6 Å². The zero-order valence-electron chi connectivity index (χ0n) is 14.6. The Bertz CT molecular complexity index is 875. The Morgan fingerprint density at radius 1 is 0.654 bits per heavy atom. The van der Waals surface area contributed by atoms with Crippen LogP contribution in [0.5, 0.6) is 11.5 Å². The molecule has 3 heterocycles. The van der Waals surface area contributed by atoms with Crippen molar-refractivity contribution in [3.05, 3.63) is 78.1 Å². The molecule has 0 bridgehead atoms. The summed E-state index contributed by atoms with van der Waals surface area (Å²) >= 11 is 0. The van der Waals surface area contributed by atoms with Gasteiger partial charge in [-0.25, -0.2) is 4.98 Å². The van der Waals surface area contributed by atoms with Crippen LogP contribution in [-0.4, -0.2) is 4.98 Å². The van der Waals surface area contributed by atoms with Gasteiger partial charge >= 0.3 is 0 Å². The van der Waals surface area contributed by atoms with E-state index in [0.29, 0.717) is 0 Å². The van der Waals surface area contributed by atoms with E-state index in [1.54, 1.807) is 0 Å². The number of hydrogen-bond donors (Lipinski definition) is 2. The molecule has 0 radical (unpaired) electrons. The molecule has 2 N–H and O–H groups in total. The Kier molecular flexibility index (Phi) is 2.98. The monoisotopic (exact) mass is 345 g/mol. The summed E-state index contributed by atoms with van der Waals surface area (Å²) in [5.74, 6) is 1.66. The fraction of sp³-hybridized carbons (Fsp3) is 0.190. The molecular weight excluding hydrogens is 326 g/mol. The van der Waals surface area contributed by atoms with Crippen molar-refractivity contribution >= 4 is 11.4 Å². The van der Waals surface area contributed by atoms with Gasteiger partial charge in [-0.05, 0) is 36.4 Å². The highest BCUT2D eigenvalue weighted by atomic mass is 16.5. The van der Waals surface area contributed by atoms with Crippen molar-refractivity contribution in [3.63, 3.8) is 0 Å². The summed E-state index contributed by atoms with van der Waals surface area (Å²) in [7, 11) is 0. The third-order valence-electron chi connectivity index (χ3n) is 4.88. The van der Waals surface area contributed by atoms with Crippen LogP contribution in [0.2, 0.25) is 0 Å². The second-order valence-electron chi connectivity index (χ2n) is 6.92. The lowest BCUT2D eigenvalue weighted by molar-refractivity contribution is 0.123. The van der Waals surface area contributed by atoms with Crippen molar-refractivity contribution in [2.24, 2.45) is 0 Å². The van der Waals surface area contributed by atoms with Gasteiger partial charge in [0.1, 0.15) is 22.9 Å². The molecule has 0 aliphatic carbocycles. The fourth-order valence-corrected chi connectivity index (χ4v) is 3.52. The smallest absolute Gasteiger partial charge is 0.221 e. The zero-order valence-corrected chi connectivity index (χ0v) is 14.6. The lowest BCUT2D eigenvalue weighted by Gasteiger charge is -2.28. The summed E-state index contributed by atoms with van der Waals surface area (Å²) in [6.45, 7) is 3.97. The molecule has 0 spiro atoms. The first-order valence-corrected chi connectivity index (χ1v) is 8.66. The van der Waals surface area contributed by atoms with Gasteiger partial charge in [0.05, 0.1) is 11.4 Å². The molecule has 26 heavy (non-hydrogen) atoms. The van der Waals surface area contributed by atoms with Gasteiger partial charge in [0.15, 0.2) is 0 Å². The minimum absolute atomic E-state index is 0.721. The molecule has 0 amide bonds. The maximum Gasteiger partial charge on any atom is 0.221 e. The molecule has 130 valence electrons. The Balaban J connectivity index is 1.49. The van der Waals surface area contributed by atoms with Crippen LogP contribution in [0.4, 0.5) is 11.4 Å². The molecule has 0 saturated carbocycles. The number of rotatable bonds is 2. The molecule has 0 saturated heterocycles. The predicted molar refractivity (Wildman–Crippen MR) is 100 cm³/mol. The van der Waals surface area contributed by atoms with Crippen molar-refractivity contribution in [3.8, 4) is 11.5 Å². The second-order valence-corrected chi connectivity index (χ2v) is 6.92. The van der Waals surface area contributed by atoms with Crippen molar-refractivity contribution in [2.45, 2.75) is 25.3 Å². The topological polar surface area (TPSA) is 55.4 Å². The minimum Gasteiger partial charge on any atom is -0.460 e. The molecule has 2 aliphatic heterocycles. The standard InChI is InChI=1S/C21H19N3O2/c1-20(23-14-8-3-5-10-16(14)25-20)18-12-7-13-19(22-18)21(2)24-15-9-4-6-11-17(15)26-21/h3-13,23-24H,1-2H3. The lowest BCUT2D eigenvalue weighted by atomic mass is 10.1. The van der Waals surface area contributed by atoms with Crippen LogP contribution in [0.1, 0.15) is 25.2 Å². The molecular formula is C21H19N3O2. The Hall–Kier alpha value is -3.21. The van der Waals surface area contributed by atoms with Gasteiger partial charge in [0.2, 0.25) is 11.4 Å². The highest BCUT2D eigenvalue weighted by Crippen LogP contribution is 2.43. The van der Waals surface area contributed by atoms with E-state index >= 15 is 0 Å². The van der Waals surface area contributed by atoms with E-state index in [2.05, 4.69) is 10.6 Å². The van der Waals surface area contributed by atoms with E-state index in [1.165, 1.54) is 0 Å². The number of nitrogens with zero attached hydrogens (tertiary/aromatic N) is 1. The average molecular weight is 345 g/mol. The molecule has 2 aliphatic rings. The first kappa shape index (κ1) is 15.1. The molecule has 3 aromatic rings. The fourth-order valence-electron chi connectivity index (χ4n) is 3.52. The van der Waals surface area contributed by atoms with Crippen LogP contribution in [-0.2, 0) is 11.4 Å². The zero-order chi connectivity index (χ0) is 17.8. The van der Waals surface area contributed by atoms with Gasteiger partial charge in [0, 0.05) is 13.8 Å². The van der Waals surface area contributed by atoms with Crippen LogP contribution in [0, 0.1) is 0 Å². The molecule has 5 nitrogen and oxygen atoms in total. The summed E-state index contributed by atoms with van der Waals surface area (Å²) in [4.78, 5) is 4.87. The highest BCUT2D eigenvalue weighted by molar-refractivity contribution is 5.63. The molecule has 2 atom stereocenters.